The van der Waals surface area contributed by atoms with Gasteiger partial charge in [-0.25, -0.2) is 4.79 Å². The summed E-state index contributed by atoms with van der Waals surface area (Å²) in [6.45, 7) is 2.92. The van der Waals surface area contributed by atoms with Crippen LogP contribution in [0.25, 0.3) is 0 Å². The lowest BCUT2D eigenvalue weighted by molar-refractivity contribution is -0.119. The van der Waals surface area contributed by atoms with Gasteiger partial charge in [0.15, 0.2) is 6.61 Å². The molecule has 0 spiro atoms. The largest absolute Gasteiger partial charge is 0.452 e. The Balaban J connectivity index is 1.88. The van der Waals surface area contributed by atoms with Gasteiger partial charge in [0.2, 0.25) is 5.91 Å². The summed E-state index contributed by atoms with van der Waals surface area (Å²) < 4.78 is 4.98. The Morgan fingerprint density at radius 3 is 2.21 bits per heavy atom. The van der Waals surface area contributed by atoms with Gasteiger partial charge in [-0.3, -0.25) is 9.59 Å². The predicted molar refractivity (Wildman–Crippen MR) is 90.8 cm³/mol. The van der Waals surface area contributed by atoms with Crippen molar-refractivity contribution in [1.82, 2.24) is 0 Å². The average Bonchev–Trinajstić information content (AvgIpc) is 2.53. The van der Waals surface area contributed by atoms with Crippen molar-refractivity contribution in [3.8, 4) is 0 Å². The van der Waals surface area contributed by atoms with Crippen LogP contribution in [0.15, 0.2) is 48.5 Å². The molecular weight excluding hydrogens is 308 g/mol. The maximum absolute atomic E-state index is 11.9. The molecule has 0 radical (unpaired) electrons. The highest BCUT2D eigenvalue weighted by Crippen LogP contribution is 2.15. The quantitative estimate of drug-likeness (QED) is 0.828. The predicted octanol–water partition coefficient (Wildman–Crippen LogP) is 2.75. The van der Waals surface area contributed by atoms with E-state index in [1.807, 2.05) is 6.92 Å². The summed E-state index contributed by atoms with van der Waals surface area (Å²) in [6, 6.07) is 13.6. The molecule has 6 heteroatoms. The van der Waals surface area contributed by atoms with E-state index in [0.717, 1.165) is 5.56 Å². The van der Waals surface area contributed by atoms with Crippen molar-refractivity contribution in [2.75, 3.05) is 17.2 Å². The minimum Gasteiger partial charge on any atom is -0.452 e. The van der Waals surface area contributed by atoms with Crippen LogP contribution < -0.4 is 10.6 Å². The molecule has 0 saturated heterocycles. The first-order valence-corrected chi connectivity index (χ1v) is 7.35. The molecule has 2 aromatic rings. The summed E-state index contributed by atoms with van der Waals surface area (Å²) in [5, 5.41) is 5.22. The van der Waals surface area contributed by atoms with Gasteiger partial charge in [0.05, 0.1) is 5.56 Å². The van der Waals surface area contributed by atoms with Gasteiger partial charge in [0, 0.05) is 18.3 Å². The summed E-state index contributed by atoms with van der Waals surface area (Å²) in [7, 11) is 0. The lowest BCUT2D eigenvalue weighted by Gasteiger charge is -2.08. The van der Waals surface area contributed by atoms with E-state index in [9.17, 15) is 14.4 Å². The Bertz CT molecular complexity index is 754. The lowest BCUT2D eigenvalue weighted by Crippen LogP contribution is -2.21. The molecular formula is C18H18N2O4. The van der Waals surface area contributed by atoms with Crippen molar-refractivity contribution < 1.29 is 19.1 Å². The van der Waals surface area contributed by atoms with Gasteiger partial charge in [-0.15, -0.1) is 0 Å². The first kappa shape index (κ1) is 17.2. The molecule has 0 bridgehead atoms. The number of nitrogens with one attached hydrogen (secondary N) is 2. The first-order chi connectivity index (χ1) is 11.4. The van der Waals surface area contributed by atoms with E-state index in [0.29, 0.717) is 16.9 Å². The number of amides is 2. The number of anilines is 2. The zero-order valence-electron chi connectivity index (χ0n) is 13.5. The van der Waals surface area contributed by atoms with Crippen molar-refractivity contribution in [1.29, 1.82) is 0 Å². The minimum absolute atomic E-state index is 0.203. The van der Waals surface area contributed by atoms with Gasteiger partial charge in [-0.1, -0.05) is 23.8 Å². The molecule has 0 aliphatic rings. The lowest BCUT2D eigenvalue weighted by atomic mass is 10.1. The van der Waals surface area contributed by atoms with Gasteiger partial charge in [-0.2, -0.15) is 0 Å². The summed E-state index contributed by atoms with van der Waals surface area (Å²) in [5.74, 6) is -1.22. The molecule has 0 aromatic heterocycles. The number of hydrogen-bond donors (Lipinski definition) is 2. The number of carbonyl (C=O) groups excluding carboxylic acids is 3. The van der Waals surface area contributed by atoms with Crippen molar-refractivity contribution in [3.63, 3.8) is 0 Å². The molecule has 6 nitrogen and oxygen atoms in total. The SMILES string of the molecule is CC(=O)Nc1cccc(NC(=O)COC(=O)c2ccc(C)cc2)c1. The Morgan fingerprint density at radius 1 is 0.958 bits per heavy atom. The molecule has 24 heavy (non-hydrogen) atoms. The number of hydrogen-bond acceptors (Lipinski definition) is 4. The van der Waals surface area contributed by atoms with Gasteiger partial charge in [0.1, 0.15) is 0 Å². The zero-order valence-corrected chi connectivity index (χ0v) is 13.5. The van der Waals surface area contributed by atoms with Crippen LogP contribution in [0.1, 0.15) is 22.8 Å². The molecule has 2 N–H and O–H groups in total. The van der Waals surface area contributed by atoms with Gasteiger partial charge < -0.3 is 15.4 Å². The van der Waals surface area contributed by atoms with Gasteiger partial charge >= 0.3 is 5.97 Å². The van der Waals surface area contributed by atoms with E-state index in [1.54, 1.807) is 48.5 Å². The van der Waals surface area contributed by atoms with Crippen molar-refractivity contribution in [2.45, 2.75) is 13.8 Å². The Kier molecular flexibility index (Phi) is 5.68. The fourth-order valence-corrected chi connectivity index (χ4v) is 1.98. The number of carbonyl (C=O) groups is 3. The average molecular weight is 326 g/mol. The molecule has 2 rings (SSSR count). The van der Waals surface area contributed by atoms with Gasteiger partial charge in [-0.05, 0) is 37.3 Å². The molecule has 0 atom stereocenters. The molecule has 2 aromatic carbocycles. The highest BCUT2D eigenvalue weighted by molar-refractivity contribution is 5.96. The number of rotatable bonds is 5. The summed E-state index contributed by atoms with van der Waals surface area (Å²) >= 11 is 0. The van der Waals surface area contributed by atoms with Crippen LogP contribution in [0.5, 0.6) is 0 Å². The third kappa shape index (κ3) is 5.24. The summed E-state index contributed by atoms with van der Waals surface area (Å²) in [5.41, 5.74) is 2.49. The zero-order chi connectivity index (χ0) is 17.5. The van der Waals surface area contributed by atoms with Crippen LogP contribution in [0.4, 0.5) is 11.4 Å². The number of aryl methyl sites for hydroxylation is 1. The third-order valence-electron chi connectivity index (χ3n) is 3.09. The summed E-state index contributed by atoms with van der Waals surface area (Å²) in [4.78, 5) is 34.7. The van der Waals surface area contributed by atoms with E-state index in [-0.39, 0.29) is 5.91 Å². The number of ether oxygens (including phenoxy) is 1. The van der Waals surface area contributed by atoms with Crippen molar-refractivity contribution in [3.05, 3.63) is 59.7 Å². The smallest absolute Gasteiger partial charge is 0.338 e. The van der Waals surface area contributed by atoms with Crippen molar-refractivity contribution >= 4 is 29.2 Å². The standard InChI is InChI=1S/C18H18N2O4/c1-12-6-8-14(9-7-12)18(23)24-11-17(22)20-16-5-3-4-15(10-16)19-13(2)21/h3-10H,11H2,1-2H3,(H,19,21)(H,20,22). The van der Waals surface area contributed by atoms with E-state index >= 15 is 0 Å². The maximum Gasteiger partial charge on any atom is 0.338 e. The second-order valence-electron chi connectivity index (χ2n) is 5.25. The molecule has 0 aliphatic heterocycles. The maximum atomic E-state index is 11.9. The highest BCUT2D eigenvalue weighted by atomic mass is 16.5. The summed E-state index contributed by atoms with van der Waals surface area (Å²) in [6.07, 6.45) is 0. The molecule has 0 unspecified atom stereocenters. The number of esters is 1. The minimum atomic E-state index is -0.558. The number of benzene rings is 2. The second kappa shape index (κ2) is 7.92. The third-order valence-corrected chi connectivity index (χ3v) is 3.09. The first-order valence-electron chi connectivity index (χ1n) is 7.35. The molecule has 0 aliphatic carbocycles. The van der Waals surface area contributed by atoms with E-state index < -0.39 is 18.5 Å². The van der Waals surface area contributed by atoms with E-state index in [1.165, 1.54) is 6.92 Å². The fraction of sp³-hybridized carbons (Fsp3) is 0.167. The monoisotopic (exact) mass is 326 g/mol. The highest BCUT2D eigenvalue weighted by Gasteiger charge is 2.10. The van der Waals surface area contributed by atoms with Crippen LogP contribution in [0, 0.1) is 6.92 Å². The fourth-order valence-electron chi connectivity index (χ4n) is 1.98. The topological polar surface area (TPSA) is 84.5 Å². The molecule has 2 amide bonds. The van der Waals surface area contributed by atoms with Crippen LogP contribution in [0.3, 0.4) is 0 Å². The molecule has 0 saturated carbocycles. The molecule has 124 valence electrons. The Morgan fingerprint density at radius 2 is 1.58 bits per heavy atom. The van der Waals surface area contributed by atoms with Crippen LogP contribution in [-0.2, 0) is 14.3 Å². The molecule has 0 fully saturated rings. The van der Waals surface area contributed by atoms with Crippen LogP contribution >= 0.6 is 0 Å². The van der Waals surface area contributed by atoms with Crippen molar-refractivity contribution in [2.24, 2.45) is 0 Å². The van der Waals surface area contributed by atoms with E-state index in [4.69, 9.17) is 4.74 Å². The second-order valence-corrected chi connectivity index (χ2v) is 5.25. The Labute approximate surface area is 139 Å². The van der Waals surface area contributed by atoms with Crippen LogP contribution in [0.2, 0.25) is 0 Å². The normalized spacial score (nSPS) is 9.92. The van der Waals surface area contributed by atoms with E-state index in [2.05, 4.69) is 10.6 Å². The molecule has 0 heterocycles. The van der Waals surface area contributed by atoms with Crippen LogP contribution in [-0.4, -0.2) is 24.4 Å². The Hall–Kier alpha value is -3.15. The van der Waals surface area contributed by atoms with Gasteiger partial charge in [0.25, 0.3) is 5.91 Å².